The first-order valence-electron chi connectivity index (χ1n) is 8.59. The van der Waals surface area contributed by atoms with E-state index >= 15 is 0 Å². The van der Waals surface area contributed by atoms with E-state index < -0.39 is 0 Å². The van der Waals surface area contributed by atoms with Crippen LogP contribution in [0.4, 0.5) is 10.6 Å². The Kier molecular flexibility index (Phi) is 5.33. The van der Waals surface area contributed by atoms with Crippen molar-refractivity contribution in [1.82, 2.24) is 20.1 Å². The summed E-state index contributed by atoms with van der Waals surface area (Å²) in [6.45, 7) is 3.92. The van der Waals surface area contributed by atoms with Crippen molar-refractivity contribution in [1.29, 1.82) is 5.26 Å². The number of urea groups is 1. The molecule has 3 rings (SSSR count). The van der Waals surface area contributed by atoms with Crippen LogP contribution in [0.25, 0.3) is 0 Å². The molecule has 2 saturated heterocycles. The molecule has 25 heavy (non-hydrogen) atoms. The largest absolute Gasteiger partial charge is 0.352 e. The van der Waals surface area contributed by atoms with Crippen molar-refractivity contribution < 1.29 is 9.59 Å². The average molecular weight is 342 g/mol. The number of nitrogens with one attached hydrogen (secondary N) is 1. The minimum Gasteiger partial charge on any atom is -0.352 e. The van der Waals surface area contributed by atoms with Crippen LogP contribution >= 0.6 is 0 Å². The first-order chi connectivity index (χ1) is 12.2. The van der Waals surface area contributed by atoms with Crippen LogP contribution in [0.3, 0.4) is 0 Å². The maximum atomic E-state index is 12.2. The fourth-order valence-electron chi connectivity index (χ4n) is 3.20. The summed E-state index contributed by atoms with van der Waals surface area (Å²) >= 11 is 0. The lowest BCUT2D eigenvalue weighted by Crippen LogP contribution is -2.53. The molecule has 0 aromatic carbocycles. The molecule has 0 bridgehead atoms. The Balaban J connectivity index is 1.47. The van der Waals surface area contributed by atoms with Crippen LogP contribution in [0.2, 0.25) is 0 Å². The Bertz CT molecular complexity index is 672. The highest BCUT2D eigenvalue weighted by Crippen LogP contribution is 2.18. The SMILES string of the molecule is N#Cc1cccnc1N1CCN(C(=O)NCC(=O)N2CCCC2)CC1. The average Bonchev–Trinajstić information content (AvgIpc) is 3.21. The number of amides is 3. The molecule has 0 unspecified atom stereocenters. The second kappa shape index (κ2) is 7.83. The number of nitriles is 1. The number of carbonyl (C=O) groups excluding carboxylic acids is 2. The summed E-state index contributed by atoms with van der Waals surface area (Å²) in [6, 6.07) is 5.41. The Morgan fingerprint density at radius 2 is 1.84 bits per heavy atom. The molecule has 3 amide bonds. The van der Waals surface area contributed by atoms with Crippen LogP contribution in [0.5, 0.6) is 0 Å². The molecule has 0 spiro atoms. The zero-order valence-electron chi connectivity index (χ0n) is 14.1. The highest BCUT2D eigenvalue weighted by atomic mass is 16.2. The van der Waals surface area contributed by atoms with E-state index in [2.05, 4.69) is 16.4 Å². The van der Waals surface area contributed by atoms with E-state index in [4.69, 9.17) is 0 Å². The molecule has 8 nitrogen and oxygen atoms in total. The number of nitrogens with zero attached hydrogens (tertiary/aromatic N) is 5. The number of hydrogen-bond donors (Lipinski definition) is 1. The number of likely N-dealkylation sites (tertiary alicyclic amines) is 1. The van der Waals surface area contributed by atoms with Crippen molar-refractivity contribution in [2.24, 2.45) is 0 Å². The molecule has 0 atom stereocenters. The molecule has 1 N–H and O–H groups in total. The topological polar surface area (TPSA) is 92.6 Å². The number of pyridine rings is 1. The van der Waals surface area contributed by atoms with Gasteiger partial charge in [-0.05, 0) is 25.0 Å². The predicted octanol–water partition coefficient (Wildman–Crippen LogP) is 0.407. The number of aromatic nitrogens is 1. The van der Waals surface area contributed by atoms with Gasteiger partial charge in [-0.1, -0.05) is 0 Å². The molecule has 8 heteroatoms. The summed E-state index contributed by atoms with van der Waals surface area (Å²) in [6.07, 6.45) is 3.75. The smallest absolute Gasteiger partial charge is 0.317 e. The van der Waals surface area contributed by atoms with Crippen molar-refractivity contribution >= 4 is 17.8 Å². The molecule has 3 heterocycles. The summed E-state index contributed by atoms with van der Waals surface area (Å²) in [5, 5.41) is 11.9. The fraction of sp³-hybridized carbons (Fsp3) is 0.529. The van der Waals surface area contributed by atoms with E-state index in [1.807, 2.05) is 4.90 Å². The zero-order chi connectivity index (χ0) is 17.6. The van der Waals surface area contributed by atoms with Gasteiger partial charge < -0.3 is 20.0 Å². The van der Waals surface area contributed by atoms with Crippen molar-refractivity contribution in [3.05, 3.63) is 23.9 Å². The molecular formula is C17H22N6O2. The molecule has 0 saturated carbocycles. The van der Waals surface area contributed by atoms with E-state index in [0.717, 1.165) is 25.9 Å². The fourth-order valence-corrected chi connectivity index (χ4v) is 3.20. The van der Waals surface area contributed by atoms with E-state index in [9.17, 15) is 14.9 Å². The quantitative estimate of drug-likeness (QED) is 0.859. The van der Waals surface area contributed by atoms with Gasteiger partial charge >= 0.3 is 6.03 Å². The Morgan fingerprint density at radius 1 is 1.12 bits per heavy atom. The Hall–Kier alpha value is -2.82. The third-order valence-corrected chi connectivity index (χ3v) is 4.62. The van der Waals surface area contributed by atoms with Crippen LogP contribution in [-0.4, -0.2) is 72.5 Å². The molecule has 2 aliphatic heterocycles. The van der Waals surface area contributed by atoms with Gasteiger partial charge in [0.05, 0.1) is 12.1 Å². The normalized spacial score (nSPS) is 17.3. The van der Waals surface area contributed by atoms with E-state index in [0.29, 0.717) is 37.6 Å². The predicted molar refractivity (Wildman–Crippen MR) is 92.0 cm³/mol. The standard InChI is InChI=1S/C17H22N6O2/c18-12-14-4-3-5-19-16(14)22-8-10-23(11-9-22)17(25)20-13-15(24)21-6-1-2-7-21/h3-5H,1-2,6-11,13H2,(H,20,25). The van der Waals surface area contributed by atoms with Crippen LogP contribution in [0.15, 0.2) is 18.3 Å². The lowest BCUT2D eigenvalue weighted by Gasteiger charge is -2.35. The second-order valence-electron chi connectivity index (χ2n) is 6.21. The highest BCUT2D eigenvalue weighted by Gasteiger charge is 2.24. The number of piperazine rings is 1. The molecule has 1 aromatic rings. The van der Waals surface area contributed by atoms with Gasteiger partial charge in [-0.2, -0.15) is 5.26 Å². The van der Waals surface area contributed by atoms with Crippen molar-refractivity contribution in [2.75, 3.05) is 50.7 Å². The number of rotatable bonds is 3. The van der Waals surface area contributed by atoms with Gasteiger partial charge in [-0.3, -0.25) is 4.79 Å². The molecule has 0 radical (unpaired) electrons. The Morgan fingerprint density at radius 3 is 2.52 bits per heavy atom. The van der Waals surface area contributed by atoms with Crippen LogP contribution in [0.1, 0.15) is 18.4 Å². The number of hydrogen-bond acceptors (Lipinski definition) is 5. The first-order valence-corrected chi connectivity index (χ1v) is 8.59. The van der Waals surface area contributed by atoms with Crippen LogP contribution in [-0.2, 0) is 4.79 Å². The van der Waals surface area contributed by atoms with Crippen LogP contribution < -0.4 is 10.2 Å². The van der Waals surface area contributed by atoms with Crippen molar-refractivity contribution in [3.8, 4) is 6.07 Å². The summed E-state index contributed by atoms with van der Waals surface area (Å²) in [4.78, 5) is 34.0. The molecule has 1 aromatic heterocycles. The molecule has 0 aliphatic carbocycles. The van der Waals surface area contributed by atoms with Gasteiger partial charge in [0.2, 0.25) is 5.91 Å². The third-order valence-electron chi connectivity index (χ3n) is 4.62. The van der Waals surface area contributed by atoms with Gasteiger partial charge in [0, 0.05) is 45.5 Å². The Labute approximate surface area is 147 Å². The minimum atomic E-state index is -0.214. The monoisotopic (exact) mass is 342 g/mol. The molecule has 2 fully saturated rings. The molecule has 2 aliphatic rings. The maximum absolute atomic E-state index is 12.2. The van der Waals surface area contributed by atoms with E-state index in [1.54, 1.807) is 28.1 Å². The first kappa shape index (κ1) is 17.0. The second-order valence-corrected chi connectivity index (χ2v) is 6.21. The minimum absolute atomic E-state index is 0.0170. The summed E-state index contributed by atoms with van der Waals surface area (Å²) in [5.74, 6) is 0.644. The molecular weight excluding hydrogens is 320 g/mol. The van der Waals surface area contributed by atoms with Crippen molar-refractivity contribution in [2.45, 2.75) is 12.8 Å². The number of carbonyl (C=O) groups is 2. The molecule has 132 valence electrons. The number of anilines is 1. The van der Waals surface area contributed by atoms with Crippen molar-refractivity contribution in [3.63, 3.8) is 0 Å². The van der Waals surface area contributed by atoms with Gasteiger partial charge in [-0.25, -0.2) is 9.78 Å². The van der Waals surface area contributed by atoms with Gasteiger partial charge in [-0.15, -0.1) is 0 Å². The van der Waals surface area contributed by atoms with E-state index in [1.165, 1.54) is 0 Å². The summed E-state index contributed by atoms with van der Waals surface area (Å²) < 4.78 is 0. The van der Waals surface area contributed by atoms with Gasteiger partial charge in [0.15, 0.2) is 0 Å². The zero-order valence-corrected chi connectivity index (χ0v) is 14.1. The van der Waals surface area contributed by atoms with E-state index in [-0.39, 0.29) is 18.5 Å². The summed E-state index contributed by atoms with van der Waals surface area (Å²) in [5.41, 5.74) is 0.539. The van der Waals surface area contributed by atoms with Gasteiger partial charge in [0.1, 0.15) is 11.9 Å². The third kappa shape index (κ3) is 3.99. The van der Waals surface area contributed by atoms with Gasteiger partial charge in [0.25, 0.3) is 0 Å². The summed E-state index contributed by atoms with van der Waals surface area (Å²) in [7, 11) is 0. The van der Waals surface area contributed by atoms with Crippen LogP contribution in [0, 0.1) is 11.3 Å². The highest BCUT2D eigenvalue weighted by molar-refractivity contribution is 5.84. The maximum Gasteiger partial charge on any atom is 0.317 e. The lowest BCUT2D eigenvalue weighted by molar-refractivity contribution is -0.129. The lowest BCUT2D eigenvalue weighted by atomic mass is 10.2.